The zero-order chi connectivity index (χ0) is 28.4. The number of nitrogens with one attached hydrogen (secondary N) is 1. The predicted molar refractivity (Wildman–Crippen MR) is 153 cm³/mol. The van der Waals surface area contributed by atoms with Crippen LogP contribution in [-0.4, -0.2) is 50.2 Å². The molecule has 0 radical (unpaired) electrons. The molecule has 2 aliphatic rings. The molecule has 2 saturated heterocycles. The normalized spacial score (nSPS) is 18.7. The minimum atomic E-state index is -3.92. The molecule has 0 aromatic heterocycles. The molecule has 0 aliphatic carbocycles. The number of nitrogens with zero attached hydrogens (tertiary/aromatic N) is 2. The number of amides is 2. The summed E-state index contributed by atoms with van der Waals surface area (Å²) in [6.07, 6.45) is 2.39. The van der Waals surface area contributed by atoms with Crippen LogP contribution in [0.2, 0.25) is 10.0 Å². The maximum absolute atomic E-state index is 13.9. The summed E-state index contributed by atoms with van der Waals surface area (Å²) in [4.78, 5) is 26.9. The molecule has 11 heteroatoms. The molecule has 2 aliphatic heterocycles. The Bertz CT molecular complexity index is 1530. The van der Waals surface area contributed by atoms with Crippen LogP contribution < -0.4 is 10.2 Å². The lowest BCUT2D eigenvalue weighted by Crippen LogP contribution is -2.39. The summed E-state index contributed by atoms with van der Waals surface area (Å²) in [6, 6.07) is 17.8. The summed E-state index contributed by atoms with van der Waals surface area (Å²) in [5, 5.41) is 2.77. The van der Waals surface area contributed by atoms with Gasteiger partial charge < -0.3 is 10.2 Å². The first-order valence-electron chi connectivity index (χ1n) is 13.0. The van der Waals surface area contributed by atoms with Gasteiger partial charge in [0.25, 0.3) is 5.91 Å². The van der Waals surface area contributed by atoms with Gasteiger partial charge in [0, 0.05) is 37.3 Å². The molecular formula is C29H28Cl2FN3O4S. The van der Waals surface area contributed by atoms with Crippen LogP contribution in [0, 0.1) is 11.7 Å². The molecule has 3 aromatic carbocycles. The summed E-state index contributed by atoms with van der Waals surface area (Å²) in [7, 11) is -3.92. The van der Waals surface area contributed by atoms with Crippen molar-refractivity contribution in [1.82, 2.24) is 9.62 Å². The first-order chi connectivity index (χ1) is 19.1. The first kappa shape index (κ1) is 28.5. The molecule has 5 rings (SSSR count). The highest BCUT2D eigenvalue weighted by molar-refractivity contribution is 7.89. The van der Waals surface area contributed by atoms with E-state index in [0.717, 1.165) is 19.3 Å². The predicted octanol–water partition coefficient (Wildman–Crippen LogP) is 5.31. The van der Waals surface area contributed by atoms with E-state index in [-0.39, 0.29) is 39.4 Å². The third kappa shape index (κ3) is 6.17. The van der Waals surface area contributed by atoms with Crippen molar-refractivity contribution in [3.63, 3.8) is 0 Å². The van der Waals surface area contributed by atoms with Crippen LogP contribution in [0.4, 0.5) is 10.1 Å². The fourth-order valence-electron chi connectivity index (χ4n) is 5.26. The smallest absolute Gasteiger partial charge is 0.251 e. The molecule has 1 N–H and O–H groups in total. The number of benzene rings is 3. The third-order valence-electron chi connectivity index (χ3n) is 7.43. The second-order valence-electron chi connectivity index (χ2n) is 10.2. The van der Waals surface area contributed by atoms with E-state index < -0.39 is 27.8 Å². The van der Waals surface area contributed by atoms with Crippen molar-refractivity contribution in [3.8, 4) is 0 Å². The lowest BCUT2D eigenvalue weighted by atomic mass is 9.91. The molecule has 210 valence electrons. The molecule has 2 heterocycles. The number of anilines is 1. The minimum absolute atomic E-state index is 0.0205. The van der Waals surface area contributed by atoms with Gasteiger partial charge in [0.05, 0.1) is 16.1 Å². The highest BCUT2D eigenvalue weighted by Crippen LogP contribution is 2.31. The second-order valence-corrected chi connectivity index (χ2v) is 12.9. The van der Waals surface area contributed by atoms with Crippen LogP contribution in [-0.2, 0) is 21.2 Å². The van der Waals surface area contributed by atoms with Crippen LogP contribution >= 0.6 is 23.2 Å². The average Bonchev–Trinajstić information content (AvgIpc) is 3.30. The van der Waals surface area contributed by atoms with E-state index in [1.54, 1.807) is 0 Å². The SMILES string of the molecule is O=C(NC1CC(=O)N(c2ccc(Cl)c(F)c2)C1)c1ccc(Cl)c(S(=O)(=O)N2CCC(Cc3ccccc3)CC2)c1. The number of halogens is 3. The van der Waals surface area contributed by atoms with Gasteiger partial charge in [-0.3, -0.25) is 9.59 Å². The van der Waals surface area contributed by atoms with Crippen molar-refractivity contribution in [2.75, 3.05) is 24.5 Å². The zero-order valence-electron chi connectivity index (χ0n) is 21.5. The Labute approximate surface area is 242 Å². The monoisotopic (exact) mass is 603 g/mol. The number of hydrogen-bond donors (Lipinski definition) is 1. The number of sulfonamides is 1. The van der Waals surface area contributed by atoms with E-state index in [9.17, 15) is 22.4 Å². The largest absolute Gasteiger partial charge is 0.347 e. The van der Waals surface area contributed by atoms with Gasteiger partial charge >= 0.3 is 0 Å². The van der Waals surface area contributed by atoms with Crippen LogP contribution in [0.15, 0.2) is 71.6 Å². The second kappa shape index (κ2) is 11.9. The Balaban J connectivity index is 1.24. The van der Waals surface area contributed by atoms with E-state index in [1.165, 1.54) is 51.2 Å². The van der Waals surface area contributed by atoms with Gasteiger partial charge in [0.15, 0.2) is 0 Å². The number of carbonyl (C=O) groups excluding carboxylic acids is 2. The van der Waals surface area contributed by atoms with Crippen molar-refractivity contribution in [2.24, 2.45) is 5.92 Å². The van der Waals surface area contributed by atoms with Crippen molar-refractivity contribution in [1.29, 1.82) is 0 Å². The lowest BCUT2D eigenvalue weighted by Gasteiger charge is -2.31. The van der Waals surface area contributed by atoms with Gasteiger partial charge in [-0.1, -0.05) is 53.5 Å². The molecule has 7 nitrogen and oxygen atoms in total. The fourth-order valence-corrected chi connectivity index (χ4v) is 7.35. The number of carbonyl (C=O) groups is 2. The van der Waals surface area contributed by atoms with E-state index in [2.05, 4.69) is 17.4 Å². The molecule has 2 amide bonds. The maximum Gasteiger partial charge on any atom is 0.251 e. The Morgan fingerprint density at radius 3 is 2.38 bits per heavy atom. The van der Waals surface area contributed by atoms with Crippen LogP contribution in [0.5, 0.6) is 0 Å². The molecule has 0 bridgehead atoms. The molecule has 1 atom stereocenters. The molecule has 40 heavy (non-hydrogen) atoms. The van der Waals surface area contributed by atoms with Gasteiger partial charge in [0.2, 0.25) is 15.9 Å². The summed E-state index contributed by atoms with van der Waals surface area (Å²) in [6.45, 7) is 0.887. The number of rotatable bonds is 7. The standard InChI is InChI=1S/C29H28Cl2FN3O4S/c30-24-9-7-23(17-26(24)32)35-18-22(16-28(35)36)33-29(37)21-6-8-25(31)27(15-21)40(38,39)34-12-10-20(11-13-34)14-19-4-2-1-3-5-19/h1-9,15,17,20,22H,10-14,16,18H2,(H,33,37). The Hall–Kier alpha value is -2.98. The van der Waals surface area contributed by atoms with Crippen LogP contribution in [0.3, 0.4) is 0 Å². The minimum Gasteiger partial charge on any atom is -0.347 e. The molecule has 0 saturated carbocycles. The van der Waals surface area contributed by atoms with Crippen molar-refractivity contribution >= 4 is 50.7 Å². The number of hydrogen-bond acceptors (Lipinski definition) is 4. The lowest BCUT2D eigenvalue weighted by molar-refractivity contribution is -0.117. The Morgan fingerprint density at radius 2 is 1.68 bits per heavy atom. The van der Waals surface area contributed by atoms with E-state index in [1.807, 2.05) is 18.2 Å². The summed E-state index contributed by atoms with van der Waals surface area (Å²) in [5.41, 5.74) is 1.69. The van der Waals surface area contributed by atoms with Gasteiger partial charge in [-0.15, -0.1) is 0 Å². The summed E-state index contributed by atoms with van der Waals surface area (Å²) < 4.78 is 42.3. The highest BCUT2D eigenvalue weighted by atomic mass is 35.5. The van der Waals surface area contributed by atoms with Gasteiger partial charge in [0.1, 0.15) is 10.7 Å². The first-order valence-corrected chi connectivity index (χ1v) is 15.2. The Kier molecular flexibility index (Phi) is 8.47. The fraction of sp³-hybridized carbons (Fsp3) is 0.310. The van der Waals surface area contributed by atoms with Gasteiger partial charge in [-0.05, 0) is 67.1 Å². The number of piperidine rings is 1. The summed E-state index contributed by atoms with van der Waals surface area (Å²) in [5.74, 6) is -1.06. The molecule has 2 fully saturated rings. The highest BCUT2D eigenvalue weighted by Gasteiger charge is 2.34. The average molecular weight is 605 g/mol. The summed E-state index contributed by atoms with van der Waals surface area (Å²) >= 11 is 12.1. The van der Waals surface area contributed by atoms with Crippen LogP contribution in [0.25, 0.3) is 0 Å². The van der Waals surface area contributed by atoms with E-state index in [0.29, 0.717) is 24.7 Å². The van der Waals surface area contributed by atoms with E-state index >= 15 is 0 Å². The molecule has 1 unspecified atom stereocenters. The van der Waals surface area contributed by atoms with Gasteiger partial charge in [-0.25, -0.2) is 12.8 Å². The Morgan fingerprint density at radius 1 is 0.975 bits per heavy atom. The van der Waals surface area contributed by atoms with Crippen molar-refractivity contribution in [3.05, 3.63) is 93.7 Å². The third-order valence-corrected chi connectivity index (χ3v) is 10.1. The van der Waals surface area contributed by atoms with Crippen molar-refractivity contribution < 1.29 is 22.4 Å². The zero-order valence-corrected chi connectivity index (χ0v) is 23.9. The maximum atomic E-state index is 13.9. The molecule has 0 spiro atoms. The van der Waals surface area contributed by atoms with E-state index in [4.69, 9.17) is 23.2 Å². The van der Waals surface area contributed by atoms with Crippen molar-refractivity contribution in [2.45, 2.75) is 36.6 Å². The topological polar surface area (TPSA) is 86.8 Å². The molecular weight excluding hydrogens is 576 g/mol. The van der Waals surface area contributed by atoms with Gasteiger partial charge in [-0.2, -0.15) is 4.31 Å². The van der Waals surface area contributed by atoms with Crippen LogP contribution in [0.1, 0.15) is 35.2 Å². The quantitative estimate of drug-likeness (QED) is 0.396. The molecule has 3 aromatic rings.